The Morgan fingerprint density at radius 3 is 2.64 bits per heavy atom. The minimum atomic E-state index is -2.99. The first kappa shape index (κ1) is 17.1. The Morgan fingerprint density at radius 1 is 1.36 bits per heavy atom. The summed E-state index contributed by atoms with van der Waals surface area (Å²) < 4.78 is 22.8. The molecule has 0 aliphatic carbocycles. The van der Waals surface area contributed by atoms with Crippen molar-refractivity contribution in [2.45, 2.75) is 31.7 Å². The number of carbonyl (C=O) groups excluding carboxylic acids is 1. The van der Waals surface area contributed by atoms with Crippen molar-refractivity contribution in [3.05, 3.63) is 34.9 Å². The molecule has 0 bridgehead atoms. The smallest absolute Gasteiger partial charge is 0.315 e. The Balaban J connectivity index is 1.89. The molecule has 2 rings (SSSR count). The normalized spacial score (nSPS) is 20.6. The maximum atomic E-state index is 11.9. The van der Waals surface area contributed by atoms with Gasteiger partial charge in [-0.15, -0.1) is 0 Å². The third-order valence-electron chi connectivity index (χ3n) is 3.86. The highest BCUT2D eigenvalue weighted by molar-refractivity contribution is 7.91. The molecule has 22 heavy (non-hydrogen) atoms. The van der Waals surface area contributed by atoms with Crippen LogP contribution in [0.5, 0.6) is 0 Å². The minimum Gasteiger partial charge on any atom is -0.337 e. The van der Waals surface area contributed by atoms with Gasteiger partial charge in [0.2, 0.25) is 0 Å². The van der Waals surface area contributed by atoms with E-state index in [1.54, 1.807) is 0 Å². The van der Waals surface area contributed by atoms with Crippen LogP contribution in [0.25, 0.3) is 0 Å². The molecule has 0 aromatic heterocycles. The van der Waals surface area contributed by atoms with Gasteiger partial charge in [-0.05, 0) is 18.1 Å². The van der Waals surface area contributed by atoms with Crippen molar-refractivity contribution in [2.75, 3.05) is 18.1 Å². The van der Waals surface area contributed by atoms with E-state index < -0.39 is 9.84 Å². The lowest BCUT2D eigenvalue weighted by molar-refractivity contribution is 0.235. The zero-order valence-corrected chi connectivity index (χ0v) is 14.3. The van der Waals surface area contributed by atoms with Crippen LogP contribution in [-0.4, -0.2) is 38.5 Å². The van der Waals surface area contributed by atoms with E-state index in [-0.39, 0.29) is 29.0 Å². The number of rotatable bonds is 4. The molecule has 1 aromatic rings. The van der Waals surface area contributed by atoms with Crippen molar-refractivity contribution in [3.63, 3.8) is 0 Å². The number of carbonyl (C=O) groups is 1. The number of sulfone groups is 1. The minimum absolute atomic E-state index is 0.0221. The van der Waals surface area contributed by atoms with Gasteiger partial charge in [0.25, 0.3) is 0 Å². The van der Waals surface area contributed by atoms with Gasteiger partial charge in [0, 0.05) is 23.0 Å². The molecule has 1 aromatic carbocycles. The fraction of sp³-hybridized carbons (Fsp3) is 0.533. The lowest BCUT2D eigenvalue weighted by Crippen LogP contribution is -2.46. The first-order chi connectivity index (χ1) is 10.2. The van der Waals surface area contributed by atoms with Crippen molar-refractivity contribution >= 4 is 27.5 Å². The summed E-state index contributed by atoms with van der Waals surface area (Å²) in [5.41, 5.74) is 0.637. The lowest BCUT2D eigenvalue weighted by atomic mass is 9.84. The number of benzene rings is 1. The van der Waals surface area contributed by atoms with Gasteiger partial charge >= 0.3 is 6.03 Å². The van der Waals surface area contributed by atoms with E-state index in [1.165, 1.54) is 0 Å². The summed E-state index contributed by atoms with van der Waals surface area (Å²) in [4.78, 5) is 11.9. The van der Waals surface area contributed by atoms with Gasteiger partial charge in [-0.2, -0.15) is 0 Å². The largest absolute Gasteiger partial charge is 0.337 e. The molecule has 1 saturated heterocycles. The summed E-state index contributed by atoms with van der Waals surface area (Å²) in [6.45, 7) is 4.39. The van der Waals surface area contributed by atoms with Crippen LogP contribution in [0.2, 0.25) is 5.02 Å². The predicted molar refractivity (Wildman–Crippen MR) is 88.1 cm³/mol. The maximum absolute atomic E-state index is 11.9. The summed E-state index contributed by atoms with van der Waals surface area (Å²) >= 11 is 6.20. The molecule has 122 valence electrons. The fourth-order valence-corrected chi connectivity index (χ4v) is 4.62. The molecule has 5 nitrogen and oxygen atoms in total. The first-order valence-electron chi connectivity index (χ1n) is 7.19. The molecule has 1 fully saturated rings. The van der Waals surface area contributed by atoms with Crippen LogP contribution in [-0.2, 0) is 15.3 Å². The van der Waals surface area contributed by atoms with Crippen molar-refractivity contribution in [2.24, 2.45) is 0 Å². The average Bonchev–Trinajstić information content (AvgIpc) is 2.76. The highest BCUT2D eigenvalue weighted by Crippen LogP contribution is 2.28. The Hall–Kier alpha value is -1.27. The molecular formula is C15H21ClN2O3S. The molecular weight excluding hydrogens is 324 g/mol. The SMILES string of the molecule is CC(C)(CNC(=O)N[C@H]1CCS(=O)(=O)C1)c1ccccc1Cl. The molecule has 1 atom stereocenters. The molecule has 2 amide bonds. The Labute approximate surface area is 136 Å². The summed E-state index contributed by atoms with van der Waals surface area (Å²) in [6, 6.07) is 6.89. The van der Waals surface area contributed by atoms with E-state index in [4.69, 9.17) is 11.6 Å². The van der Waals surface area contributed by atoms with E-state index in [0.717, 1.165) is 5.56 Å². The number of hydrogen-bond donors (Lipinski definition) is 2. The molecule has 1 aliphatic heterocycles. The standard InChI is InChI=1S/C15H21ClN2O3S/c1-15(2,12-5-3-4-6-13(12)16)10-17-14(19)18-11-7-8-22(20,21)9-11/h3-6,11H,7-10H2,1-2H3,(H2,17,18,19)/t11-/m0/s1. The summed E-state index contributed by atoms with van der Waals surface area (Å²) in [6.07, 6.45) is 0.476. The molecule has 1 heterocycles. The van der Waals surface area contributed by atoms with Crippen LogP contribution < -0.4 is 10.6 Å². The number of nitrogens with one attached hydrogen (secondary N) is 2. The van der Waals surface area contributed by atoms with Crippen molar-refractivity contribution < 1.29 is 13.2 Å². The lowest BCUT2D eigenvalue weighted by Gasteiger charge is -2.27. The van der Waals surface area contributed by atoms with Crippen molar-refractivity contribution in [1.29, 1.82) is 0 Å². The van der Waals surface area contributed by atoms with E-state index >= 15 is 0 Å². The van der Waals surface area contributed by atoms with Crippen LogP contribution >= 0.6 is 11.6 Å². The molecule has 1 aliphatic rings. The molecule has 0 saturated carbocycles. The van der Waals surface area contributed by atoms with E-state index in [0.29, 0.717) is 18.0 Å². The first-order valence-corrected chi connectivity index (χ1v) is 9.39. The average molecular weight is 345 g/mol. The molecule has 2 N–H and O–H groups in total. The topological polar surface area (TPSA) is 75.3 Å². The van der Waals surface area contributed by atoms with Gasteiger partial charge < -0.3 is 10.6 Å². The van der Waals surface area contributed by atoms with E-state index in [2.05, 4.69) is 10.6 Å². The second-order valence-electron chi connectivity index (χ2n) is 6.29. The number of urea groups is 1. The number of halogens is 1. The monoisotopic (exact) mass is 344 g/mol. The fourth-order valence-electron chi connectivity index (χ4n) is 2.55. The zero-order valence-electron chi connectivity index (χ0n) is 12.7. The second kappa shape index (κ2) is 6.46. The summed E-state index contributed by atoms with van der Waals surface area (Å²) in [7, 11) is -2.99. The van der Waals surface area contributed by atoms with Crippen LogP contribution in [0.4, 0.5) is 4.79 Å². The van der Waals surface area contributed by atoms with Gasteiger partial charge in [0.1, 0.15) is 0 Å². The summed E-state index contributed by atoms with van der Waals surface area (Å²) in [5, 5.41) is 6.17. The van der Waals surface area contributed by atoms with Gasteiger partial charge in [-0.1, -0.05) is 43.6 Å². The van der Waals surface area contributed by atoms with Crippen LogP contribution in [0.3, 0.4) is 0 Å². The molecule has 7 heteroatoms. The van der Waals surface area contributed by atoms with Gasteiger partial charge in [-0.3, -0.25) is 0 Å². The van der Waals surface area contributed by atoms with Gasteiger partial charge in [0.15, 0.2) is 9.84 Å². The third kappa shape index (κ3) is 4.36. The van der Waals surface area contributed by atoms with Crippen molar-refractivity contribution in [1.82, 2.24) is 10.6 Å². The third-order valence-corrected chi connectivity index (χ3v) is 5.96. The van der Waals surface area contributed by atoms with Crippen LogP contribution in [0.1, 0.15) is 25.8 Å². The maximum Gasteiger partial charge on any atom is 0.315 e. The highest BCUT2D eigenvalue weighted by Gasteiger charge is 2.29. The van der Waals surface area contributed by atoms with Crippen LogP contribution in [0.15, 0.2) is 24.3 Å². The van der Waals surface area contributed by atoms with E-state index in [9.17, 15) is 13.2 Å². The molecule has 0 spiro atoms. The second-order valence-corrected chi connectivity index (χ2v) is 8.93. The molecule has 0 radical (unpaired) electrons. The van der Waals surface area contributed by atoms with Gasteiger partial charge in [0.05, 0.1) is 11.5 Å². The Bertz CT molecular complexity index is 659. The van der Waals surface area contributed by atoms with Crippen LogP contribution in [0, 0.1) is 0 Å². The quantitative estimate of drug-likeness (QED) is 0.878. The zero-order chi connectivity index (χ0) is 16.4. The summed E-state index contributed by atoms with van der Waals surface area (Å²) in [5.74, 6) is 0.164. The highest BCUT2D eigenvalue weighted by atomic mass is 35.5. The van der Waals surface area contributed by atoms with Gasteiger partial charge in [-0.25, -0.2) is 13.2 Å². The number of hydrogen-bond acceptors (Lipinski definition) is 3. The molecule has 0 unspecified atom stereocenters. The van der Waals surface area contributed by atoms with Crippen molar-refractivity contribution in [3.8, 4) is 0 Å². The Morgan fingerprint density at radius 2 is 2.05 bits per heavy atom. The van der Waals surface area contributed by atoms with E-state index in [1.807, 2.05) is 38.1 Å². The number of amides is 2. The Kier molecular flexibility index (Phi) is 5.02. The predicted octanol–water partition coefficient (Wildman–Crippen LogP) is 2.10.